The fourth-order valence-corrected chi connectivity index (χ4v) is 3.38. The Morgan fingerprint density at radius 1 is 1.41 bits per heavy atom. The molecular weight excluding hydrogens is 413 g/mol. The van der Waals surface area contributed by atoms with Crippen LogP contribution in [-0.2, 0) is 11.3 Å². The Labute approximate surface area is 146 Å². The van der Waals surface area contributed by atoms with E-state index in [0.717, 1.165) is 31.4 Å². The van der Waals surface area contributed by atoms with Crippen molar-refractivity contribution in [2.75, 3.05) is 0 Å². The van der Waals surface area contributed by atoms with Crippen LogP contribution in [0.3, 0.4) is 0 Å². The van der Waals surface area contributed by atoms with Crippen LogP contribution in [0.15, 0.2) is 36.5 Å². The molecule has 6 heteroatoms. The number of amides is 1. The summed E-state index contributed by atoms with van der Waals surface area (Å²) in [5, 5.41) is 4.42. The van der Waals surface area contributed by atoms with Gasteiger partial charge < -0.3 is 10.3 Å². The lowest BCUT2D eigenvalue weighted by Gasteiger charge is -2.06. The minimum Gasteiger partial charge on any atom is -0.352 e. The maximum Gasteiger partial charge on any atom is 0.217 e. The zero-order chi connectivity index (χ0) is 15.7. The Kier molecular flexibility index (Phi) is 4.35. The number of rotatable bonds is 3. The summed E-state index contributed by atoms with van der Waals surface area (Å²) in [5.74, 6) is -0.0388. The Morgan fingerprint density at radius 2 is 2.23 bits per heavy atom. The van der Waals surface area contributed by atoms with Gasteiger partial charge in [0.2, 0.25) is 5.91 Å². The fourth-order valence-electron chi connectivity index (χ4n) is 2.36. The van der Waals surface area contributed by atoms with Gasteiger partial charge in [0, 0.05) is 30.6 Å². The van der Waals surface area contributed by atoms with Crippen LogP contribution in [0.1, 0.15) is 12.5 Å². The summed E-state index contributed by atoms with van der Waals surface area (Å²) in [6.07, 6.45) is 1.63. The highest BCUT2D eigenvalue weighted by Gasteiger charge is 2.13. The van der Waals surface area contributed by atoms with Gasteiger partial charge in [-0.3, -0.25) is 4.79 Å². The van der Waals surface area contributed by atoms with E-state index in [1.165, 1.54) is 6.92 Å². The number of hydrogen-bond acceptors (Lipinski definition) is 2. The van der Waals surface area contributed by atoms with E-state index >= 15 is 0 Å². The number of aromatic amines is 1. The van der Waals surface area contributed by atoms with E-state index in [1.54, 1.807) is 6.20 Å². The molecule has 2 heterocycles. The van der Waals surface area contributed by atoms with E-state index in [-0.39, 0.29) is 5.91 Å². The number of H-pyrrole nitrogens is 1. The number of benzene rings is 1. The van der Waals surface area contributed by atoms with Gasteiger partial charge in [-0.2, -0.15) is 0 Å². The Hall–Kier alpha value is -1.60. The maximum absolute atomic E-state index is 11.1. The Bertz CT molecular complexity index is 860. The van der Waals surface area contributed by atoms with Crippen molar-refractivity contribution in [3.05, 3.63) is 50.8 Å². The molecule has 0 fully saturated rings. The third-order valence-corrected chi connectivity index (χ3v) is 4.34. The number of aromatic nitrogens is 2. The second-order valence-corrected chi connectivity index (χ2v) is 6.49. The molecule has 0 atom stereocenters. The number of pyridine rings is 1. The van der Waals surface area contributed by atoms with Crippen LogP contribution in [-0.4, -0.2) is 15.9 Å². The van der Waals surface area contributed by atoms with Crippen LogP contribution in [0.5, 0.6) is 0 Å². The minimum atomic E-state index is -0.0388. The SMILES string of the molecule is CC(=O)NCc1cccc(-c2c(I)[nH]c3ncc(Cl)cc23)c1. The number of hydrogen-bond donors (Lipinski definition) is 2. The first-order valence-corrected chi connectivity index (χ1v) is 8.17. The van der Waals surface area contributed by atoms with Gasteiger partial charge in [-0.25, -0.2) is 4.98 Å². The molecule has 0 unspecified atom stereocenters. The van der Waals surface area contributed by atoms with Gasteiger partial charge in [0.25, 0.3) is 0 Å². The number of nitrogens with one attached hydrogen (secondary N) is 2. The first kappa shape index (κ1) is 15.3. The van der Waals surface area contributed by atoms with Gasteiger partial charge in [0.15, 0.2) is 0 Å². The molecule has 0 saturated heterocycles. The molecular formula is C16H13ClIN3O. The maximum atomic E-state index is 11.1. The zero-order valence-corrected chi connectivity index (χ0v) is 14.7. The Balaban J connectivity index is 2.07. The average Bonchev–Trinajstić information content (AvgIpc) is 2.80. The largest absolute Gasteiger partial charge is 0.352 e. The predicted molar refractivity (Wildman–Crippen MR) is 96.8 cm³/mol. The van der Waals surface area contributed by atoms with E-state index in [2.05, 4.69) is 43.9 Å². The third-order valence-electron chi connectivity index (χ3n) is 3.33. The van der Waals surface area contributed by atoms with Gasteiger partial charge in [0.1, 0.15) is 5.65 Å². The van der Waals surface area contributed by atoms with Gasteiger partial charge in [-0.1, -0.05) is 29.8 Å². The van der Waals surface area contributed by atoms with Crippen molar-refractivity contribution in [2.24, 2.45) is 0 Å². The predicted octanol–water partition coefficient (Wildman–Crippen LogP) is 4.12. The summed E-state index contributed by atoms with van der Waals surface area (Å²) in [5.41, 5.74) is 4.02. The minimum absolute atomic E-state index is 0.0388. The quantitative estimate of drug-likeness (QED) is 0.620. The molecule has 4 nitrogen and oxygen atoms in total. The van der Waals surface area contributed by atoms with Crippen LogP contribution in [0, 0.1) is 3.70 Å². The molecule has 112 valence electrons. The lowest BCUT2D eigenvalue weighted by Crippen LogP contribution is -2.18. The normalized spacial score (nSPS) is 10.9. The van der Waals surface area contributed by atoms with Crippen LogP contribution in [0.4, 0.5) is 0 Å². The number of carbonyl (C=O) groups excluding carboxylic acids is 1. The van der Waals surface area contributed by atoms with Gasteiger partial charge >= 0.3 is 0 Å². The molecule has 2 aromatic heterocycles. The van der Waals surface area contributed by atoms with Crippen molar-refractivity contribution in [1.29, 1.82) is 0 Å². The summed E-state index contributed by atoms with van der Waals surface area (Å²) >= 11 is 8.34. The number of nitrogens with zero attached hydrogens (tertiary/aromatic N) is 1. The molecule has 1 amide bonds. The molecule has 0 bridgehead atoms. The van der Waals surface area contributed by atoms with E-state index in [4.69, 9.17) is 11.6 Å². The zero-order valence-electron chi connectivity index (χ0n) is 11.8. The summed E-state index contributed by atoms with van der Waals surface area (Å²) < 4.78 is 1.01. The first-order valence-electron chi connectivity index (χ1n) is 6.71. The lowest BCUT2D eigenvalue weighted by molar-refractivity contribution is -0.119. The monoisotopic (exact) mass is 425 g/mol. The number of fused-ring (bicyclic) bond motifs is 1. The van der Waals surface area contributed by atoms with Crippen molar-refractivity contribution >= 4 is 51.1 Å². The molecule has 2 N–H and O–H groups in total. The molecule has 0 aliphatic rings. The average molecular weight is 426 g/mol. The number of halogens is 2. The topological polar surface area (TPSA) is 57.8 Å². The molecule has 3 aromatic rings. The standard InChI is InChI=1S/C16H13ClIN3O/c1-9(22)19-7-10-3-2-4-11(5-10)14-13-6-12(17)8-20-16(13)21-15(14)18/h2-6,8H,7H2,1H3,(H,19,22)(H,20,21). The van der Waals surface area contributed by atoms with Gasteiger partial charge in [-0.15, -0.1) is 0 Å². The summed E-state index contributed by atoms with van der Waals surface area (Å²) in [6.45, 7) is 2.03. The summed E-state index contributed by atoms with van der Waals surface area (Å²) in [4.78, 5) is 18.6. The molecule has 0 spiro atoms. The van der Waals surface area contributed by atoms with E-state index in [9.17, 15) is 4.79 Å². The third kappa shape index (κ3) is 3.10. The lowest BCUT2D eigenvalue weighted by atomic mass is 10.0. The fraction of sp³-hybridized carbons (Fsp3) is 0.125. The molecule has 3 rings (SSSR count). The Morgan fingerprint density at radius 3 is 3.00 bits per heavy atom. The molecule has 0 radical (unpaired) electrons. The van der Waals surface area contributed by atoms with Crippen LogP contribution >= 0.6 is 34.2 Å². The van der Waals surface area contributed by atoms with Crippen LogP contribution < -0.4 is 5.32 Å². The highest BCUT2D eigenvalue weighted by atomic mass is 127. The molecule has 1 aromatic carbocycles. The summed E-state index contributed by atoms with van der Waals surface area (Å²) in [7, 11) is 0. The van der Waals surface area contributed by atoms with E-state index < -0.39 is 0 Å². The molecule has 0 aliphatic heterocycles. The van der Waals surface area contributed by atoms with E-state index in [0.29, 0.717) is 11.6 Å². The van der Waals surface area contributed by atoms with Crippen molar-refractivity contribution in [3.63, 3.8) is 0 Å². The number of carbonyl (C=O) groups is 1. The molecule has 0 aliphatic carbocycles. The van der Waals surface area contributed by atoms with Crippen molar-refractivity contribution < 1.29 is 4.79 Å². The first-order chi connectivity index (χ1) is 10.5. The smallest absolute Gasteiger partial charge is 0.217 e. The van der Waals surface area contributed by atoms with Crippen molar-refractivity contribution in [3.8, 4) is 11.1 Å². The van der Waals surface area contributed by atoms with Crippen LogP contribution in [0.2, 0.25) is 5.02 Å². The van der Waals surface area contributed by atoms with Crippen LogP contribution in [0.25, 0.3) is 22.2 Å². The van der Waals surface area contributed by atoms with E-state index in [1.807, 2.05) is 24.3 Å². The molecule has 0 saturated carbocycles. The molecule has 22 heavy (non-hydrogen) atoms. The highest BCUT2D eigenvalue weighted by molar-refractivity contribution is 14.1. The van der Waals surface area contributed by atoms with Gasteiger partial charge in [0.05, 0.1) is 8.72 Å². The van der Waals surface area contributed by atoms with Gasteiger partial charge in [-0.05, 0) is 45.9 Å². The second-order valence-electron chi connectivity index (χ2n) is 4.97. The second kappa shape index (κ2) is 6.26. The van der Waals surface area contributed by atoms with Crippen molar-refractivity contribution in [2.45, 2.75) is 13.5 Å². The summed E-state index contributed by atoms with van der Waals surface area (Å²) in [6, 6.07) is 10.0. The highest BCUT2D eigenvalue weighted by Crippen LogP contribution is 2.34. The van der Waals surface area contributed by atoms with Crippen molar-refractivity contribution in [1.82, 2.24) is 15.3 Å².